The van der Waals surface area contributed by atoms with Gasteiger partial charge in [0.1, 0.15) is 5.75 Å². The number of aldehydes is 1. The summed E-state index contributed by atoms with van der Waals surface area (Å²) < 4.78 is 17.5. The van der Waals surface area contributed by atoms with Crippen LogP contribution in [0.3, 0.4) is 0 Å². The van der Waals surface area contributed by atoms with E-state index in [1.165, 1.54) is 0 Å². The SMILES string of the molecule is CC1(C)OB(c2ncc(OC3CC3)cc2C=O)OC1(C)C. The predicted molar refractivity (Wildman–Crippen MR) is 79.0 cm³/mol. The van der Waals surface area contributed by atoms with E-state index in [1.54, 1.807) is 12.3 Å². The molecule has 0 atom stereocenters. The Balaban J connectivity index is 1.86. The Kier molecular flexibility index (Phi) is 3.33. The number of hydrogen-bond donors (Lipinski definition) is 0. The van der Waals surface area contributed by atoms with Gasteiger partial charge in [0.15, 0.2) is 6.29 Å². The lowest BCUT2D eigenvalue weighted by atomic mass is 9.81. The number of hydrogen-bond acceptors (Lipinski definition) is 5. The van der Waals surface area contributed by atoms with E-state index in [4.69, 9.17) is 14.0 Å². The summed E-state index contributed by atoms with van der Waals surface area (Å²) in [5.74, 6) is 0.625. The van der Waals surface area contributed by atoms with Crippen molar-refractivity contribution in [1.82, 2.24) is 4.98 Å². The van der Waals surface area contributed by atoms with Gasteiger partial charge in [0.2, 0.25) is 0 Å². The fourth-order valence-corrected chi connectivity index (χ4v) is 2.16. The minimum absolute atomic E-state index is 0.272. The lowest BCUT2D eigenvalue weighted by Crippen LogP contribution is -2.41. The first-order valence-corrected chi connectivity index (χ1v) is 7.30. The van der Waals surface area contributed by atoms with Crippen molar-refractivity contribution in [3.63, 3.8) is 0 Å². The van der Waals surface area contributed by atoms with Crippen molar-refractivity contribution in [3.8, 4) is 5.75 Å². The summed E-state index contributed by atoms with van der Waals surface area (Å²) in [4.78, 5) is 15.7. The second-order valence-electron chi connectivity index (χ2n) is 6.67. The quantitative estimate of drug-likeness (QED) is 0.624. The highest BCUT2D eigenvalue weighted by Gasteiger charge is 2.53. The maximum Gasteiger partial charge on any atom is 0.515 e. The van der Waals surface area contributed by atoms with E-state index in [2.05, 4.69) is 4.98 Å². The first-order valence-electron chi connectivity index (χ1n) is 7.30. The summed E-state index contributed by atoms with van der Waals surface area (Å²) in [5, 5.41) is 0. The zero-order valence-electron chi connectivity index (χ0n) is 12.9. The van der Waals surface area contributed by atoms with Gasteiger partial charge in [-0.2, -0.15) is 0 Å². The largest absolute Gasteiger partial charge is 0.515 e. The second-order valence-corrected chi connectivity index (χ2v) is 6.67. The monoisotopic (exact) mass is 289 g/mol. The van der Waals surface area contributed by atoms with Gasteiger partial charge in [-0.1, -0.05) is 0 Å². The molecule has 0 N–H and O–H groups in total. The molecule has 2 heterocycles. The topological polar surface area (TPSA) is 57.7 Å². The maximum absolute atomic E-state index is 11.4. The van der Waals surface area contributed by atoms with Crippen LogP contribution in [0.1, 0.15) is 50.9 Å². The number of carbonyl (C=O) groups excluding carboxylic acids is 1. The Bertz CT molecular complexity index is 553. The Morgan fingerprint density at radius 1 is 1.29 bits per heavy atom. The Hall–Kier alpha value is -1.40. The Morgan fingerprint density at radius 2 is 1.90 bits per heavy atom. The van der Waals surface area contributed by atoms with Crippen LogP contribution in [0.4, 0.5) is 0 Å². The fraction of sp³-hybridized carbons (Fsp3) is 0.600. The molecule has 5 nitrogen and oxygen atoms in total. The molecule has 112 valence electrons. The molecule has 2 fully saturated rings. The Labute approximate surface area is 125 Å². The van der Waals surface area contributed by atoms with E-state index < -0.39 is 18.3 Å². The summed E-state index contributed by atoms with van der Waals surface area (Å²) in [6, 6.07) is 1.71. The number of ether oxygens (including phenoxy) is 1. The summed E-state index contributed by atoms with van der Waals surface area (Å²) >= 11 is 0. The van der Waals surface area contributed by atoms with E-state index in [1.807, 2.05) is 27.7 Å². The van der Waals surface area contributed by atoms with Gasteiger partial charge in [0, 0.05) is 5.56 Å². The molecule has 3 rings (SSSR count). The van der Waals surface area contributed by atoms with Crippen LogP contribution in [0, 0.1) is 0 Å². The summed E-state index contributed by atoms with van der Waals surface area (Å²) in [6.07, 6.45) is 4.80. The van der Waals surface area contributed by atoms with Gasteiger partial charge in [-0.05, 0) is 46.6 Å². The maximum atomic E-state index is 11.4. The number of rotatable bonds is 4. The summed E-state index contributed by atoms with van der Waals surface area (Å²) in [5.41, 5.74) is 0.0456. The highest BCUT2D eigenvalue weighted by atomic mass is 16.7. The first kappa shape index (κ1) is 14.5. The predicted octanol–water partition coefficient (Wildman–Crippen LogP) is 1.73. The molecule has 1 aliphatic heterocycles. The number of carbonyl (C=O) groups is 1. The van der Waals surface area contributed by atoms with Gasteiger partial charge in [0.05, 0.1) is 29.1 Å². The highest BCUT2D eigenvalue weighted by Crippen LogP contribution is 2.36. The third-order valence-corrected chi connectivity index (χ3v) is 4.36. The Morgan fingerprint density at radius 3 is 2.43 bits per heavy atom. The molecule has 0 radical (unpaired) electrons. The fourth-order valence-electron chi connectivity index (χ4n) is 2.16. The standard InChI is InChI=1S/C15H20BNO4/c1-14(2)15(3,4)21-16(20-14)13-10(9-18)7-12(8-17-13)19-11-5-6-11/h7-9,11H,5-6H2,1-4H3. The molecule has 1 aromatic rings. The van der Waals surface area contributed by atoms with Gasteiger partial charge in [0.25, 0.3) is 0 Å². The van der Waals surface area contributed by atoms with Gasteiger partial charge >= 0.3 is 7.12 Å². The zero-order valence-corrected chi connectivity index (χ0v) is 12.9. The lowest BCUT2D eigenvalue weighted by Gasteiger charge is -2.32. The van der Waals surface area contributed by atoms with E-state index in [0.717, 1.165) is 19.1 Å². The lowest BCUT2D eigenvalue weighted by molar-refractivity contribution is 0.00578. The molecule has 1 saturated heterocycles. The van der Waals surface area contributed by atoms with Crippen LogP contribution >= 0.6 is 0 Å². The van der Waals surface area contributed by atoms with E-state index in [-0.39, 0.29) is 6.10 Å². The van der Waals surface area contributed by atoms with E-state index in [9.17, 15) is 4.79 Å². The van der Waals surface area contributed by atoms with Crippen molar-refractivity contribution in [2.24, 2.45) is 0 Å². The average Bonchev–Trinajstić information content (AvgIpc) is 3.17. The molecule has 0 amide bonds. The van der Waals surface area contributed by atoms with Crippen LogP contribution < -0.4 is 10.3 Å². The zero-order chi connectivity index (χ0) is 15.3. The van der Waals surface area contributed by atoms with Gasteiger partial charge in [-0.25, -0.2) is 0 Å². The van der Waals surface area contributed by atoms with Crippen molar-refractivity contribution >= 4 is 19.0 Å². The molecule has 2 aliphatic rings. The molecule has 6 heteroatoms. The van der Waals surface area contributed by atoms with E-state index in [0.29, 0.717) is 16.9 Å². The van der Waals surface area contributed by atoms with Crippen LogP contribution in [-0.2, 0) is 9.31 Å². The van der Waals surface area contributed by atoms with Crippen LogP contribution in [-0.4, -0.2) is 35.7 Å². The smallest absolute Gasteiger partial charge is 0.489 e. The number of pyridine rings is 1. The molecule has 0 aromatic carbocycles. The van der Waals surface area contributed by atoms with Crippen LogP contribution in [0.5, 0.6) is 5.75 Å². The van der Waals surface area contributed by atoms with Crippen LogP contribution in [0.25, 0.3) is 0 Å². The summed E-state index contributed by atoms with van der Waals surface area (Å²) in [7, 11) is -0.634. The molecule has 0 bridgehead atoms. The highest BCUT2D eigenvalue weighted by molar-refractivity contribution is 6.62. The molecule has 0 spiro atoms. The van der Waals surface area contributed by atoms with Crippen LogP contribution in [0.15, 0.2) is 12.3 Å². The second kappa shape index (κ2) is 4.82. The molecular formula is C15H20BNO4. The van der Waals surface area contributed by atoms with Gasteiger partial charge < -0.3 is 14.0 Å². The van der Waals surface area contributed by atoms with Gasteiger partial charge in [-0.15, -0.1) is 0 Å². The molecule has 1 aliphatic carbocycles. The normalized spacial score (nSPS) is 23.1. The van der Waals surface area contributed by atoms with Crippen molar-refractivity contribution in [3.05, 3.63) is 17.8 Å². The molecule has 1 aromatic heterocycles. The molecular weight excluding hydrogens is 269 g/mol. The third kappa shape index (κ3) is 2.70. The molecule has 21 heavy (non-hydrogen) atoms. The minimum Gasteiger partial charge on any atom is -0.489 e. The van der Waals surface area contributed by atoms with Crippen molar-refractivity contribution < 1.29 is 18.8 Å². The van der Waals surface area contributed by atoms with Crippen molar-refractivity contribution in [2.45, 2.75) is 57.8 Å². The molecule has 0 unspecified atom stereocenters. The third-order valence-electron chi connectivity index (χ3n) is 4.36. The molecule has 1 saturated carbocycles. The van der Waals surface area contributed by atoms with Crippen molar-refractivity contribution in [1.29, 1.82) is 0 Å². The number of nitrogens with zero attached hydrogens (tertiary/aromatic N) is 1. The van der Waals surface area contributed by atoms with Crippen LogP contribution in [0.2, 0.25) is 0 Å². The number of aromatic nitrogens is 1. The van der Waals surface area contributed by atoms with E-state index >= 15 is 0 Å². The van der Waals surface area contributed by atoms with Crippen molar-refractivity contribution in [2.75, 3.05) is 0 Å². The summed E-state index contributed by atoms with van der Waals surface area (Å²) in [6.45, 7) is 7.88. The minimum atomic E-state index is -0.634. The average molecular weight is 289 g/mol. The van der Waals surface area contributed by atoms with Gasteiger partial charge in [-0.3, -0.25) is 9.78 Å². The first-order chi connectivity index (χ1) is 9.82.